The minimum Gasteiger partial charge on any atom is -0.459 e. The Hall–Kier alpha value is -1.69. The number of benzene rings is 1. The molecule has 0 N–H and O–H groups in total. The maximum absolute atomic E-state index is 11.9. The van der Waals surface area contributed by atoms with Gasteiger partial charge in [0.05, 0.1) is 13.2 Å². The van der Waals surface area contributed by atoms with Gasteiger partial charge in [-0.2, -0.15) is 0 Å². The van der Waals surface area contributed by atoms with Crippen molar-refractivity contribution in [1.29, 1.82) is 0 Å². The highest BCUT2D eigenvalue weighted by atomic mass is 28.4. The second kappa shape index (κ2) is 12.4. The summed E-state index contributed by atoms with van der Waals surface area (Å²) in [6.45, 7) is 24.8. The van der Waals surface area contributed by atoms with Crippen LogP contribution in [0.4, 0.5) is 0 Å². The van der Waals surface area contributed by atoms with Crippen molar-refractivity contribution in [3.63, 3.8) is 0 Å². The first kappa shape index (κ1) is 27.3. The molecule has 0 amide bonds. The summed E-state index contributed by atoms with van der Waals surface area (Å²) >= 11 is 0. The van der Waals surface area contributed by atoms with Gasteiger partial charge < -0.3 is 13.9 Å². The molecule has 0 aliphatic carbocycles. The molecule has 0 saturated carbocycles. The second-order valence-electron chi connectivity index (χ2n) is 9.99. The molecule has 0 aromatic heterocycles. The summed E-state index contributed by atoms with van der Waals surface area (Å²) in [5.41, 5.74) is 2.16. The number of carbonyl (C=O) groups is 1. The number of hydrogen-bond acceptors (Lipinski definition) is 4. The fraction of sp³-hybridized carbons (Fsp3) is 0.577. The van der Waals surface area contributed by atoms with Crippen LogP contribution in [0.5, 0.6) is 0 Å². The smallest absolute Gasteiger partial charge is 0.330 e. The predicted octanol–water partition coefficient (Wildman–Crippen LogP) is 6.54. The van der Waals surface area contributed by atoms with Gasteiger partial charge in [-0.3, -0.25) is 0 Å². The Bertz CT molecular complexity index is 706. The molecule has 0 bridgehead atoms. The molecular weight excluding hydrogens is 404 g/mol. The molecule has 4 nitrogen and oxygen atoms in total. The van der Waals surface area contributed by atoms with Gasteiger partial charge in [-0.1, -0.05) is 83.7 Å². The Kier molecular flexibility index (Phi) is 10.9. The third-order valence-corrected chi connectivity index (χ3v) is 10.7. The lowest BCUT2D eigenvalue weighted by Gasteiger charge is -2.38. The third-order valence-electron chi connectivity index (χ3n) is 6.22. The normalized spacial score (nSPS) is 15.1. The number of carbonyl (C=O) groups excluding carboxylic acids is 1. The summed E-state index contributed by atoms with van der Waals surface area (Å²) in [5, 5.41) is 0.133. The van der Waals surface area contributed by atoms with Gasteiger partial charge in [-0.25, -0.2) is 4.79 Å². The maximum Gasteiger partial charge on any atom is 0.330 e. The molecule has 0 fully saturated rings. The van der Waals surface area contributed by atoms with Crippen LogP contribution >= 0.6 is 0 Å². The van der Waals surface area contributed by atoms with Gasteiger partial charge in [0, 0.05) is 30.9 Å². The van der Waals surface area contributed by atoms with Crippen molar-refractivity contribution >= 4 is 14.3 Å². The average Bonchev–Trinajstić information content (AvgIpc) is 2.71. The average molecular weight is 447 g/mol. The molecule has 31 heavy (non-hydrogen) atoms. The van der Waals surface area contributed by atoms with Crippen molar-refractivity contribution in [2.75, 3.05) is 13.2 Å². The van der Waals surface area contributed by atoms with Crippen LogP contribution < -0.4 is 0 Å². The lowest BCUT2D eigenvalue weighted by molar-refractivity contribution is -0.146. The number of ether oxygens (including phenoxy) is 2. The van der Waals surface area contributed by atoms with Gasteiger partial charge in [-0.15, -0.1) is 0 Å². The summed E-state index contributed by atoms with van der Waals surface area (Å²) in [7, 11) is -1.88. The highest BCUT2D eigenvalue weighted by Crippen LogP contribution is 2.37. The lowest BCUT2D eigenvalue weighted by atomic mass is 9.92. The Balaban J connectivity index is 2.66. The topological polar surface area (TPSA) is 44.8 Å². The van der Waals surface area contributed by atoms with Crippen LogP contribution in [0.25, 0.3) is 0 Å². The van der Waals surface area contributed by atoms with Gasteiger partial charge >= 0.3 is 5.97 Å². The van der Waals surface area contributed by atoms with Crippen LogP contribution in [0, 0.1) is 11.8 Å². The first-order valence-corrected chi connectivity index (χ1v) is 14.0. The second-order valence-corrected chi connectivity index (χ2v) is 14.8. The van der Waals surface area contributed by atoms with Crippen molar-refractivity contribution in [3.05, 3.63) is 60.7 Å². The predicted molar refractivity (Wildman–Crippen MR) is 131 cm³/mol. The summed E-state index contributed by atoms with van der Waals surface area (Å²) in [6.07, 6.45) is 1.49. The van der Waals surface area contributed by atoms with Crippen LogP contribution in [0.3, 0.4) is 0 Å². The van der Waals surface area contributed by atoms with Gasteiger partial charge in [0.2, 0.25) is 0 Å². The Labute approximate surface area is 190 Å². The van der Waals surface area contributed by atoms with E-state index in [9.17, 15) is 4.79 Å². The lowest BCUT2D eigenvalue weighted by Crippen LogP contribution is -2.43. The van der Waals surface area contributed by atoms with E-state index in [1.807, 2.05) is 30.3 Å². The van der Waals surface area contributed by atoms with Crippen LogP contribution in [-0.2, 0) is 25.3 Å². The van der Waals surface area contributed by atoms with Gasteiger partial charge in [0.25, 0.3) is 0 Å². The van der Waals surface area contributed by atoms with E-state index in [2.05, 4.69) is 60.9 Å². The molecule has 5 heteroatoms. The molecule has 1 aromatic carbocycles. The van der Waals surface area contributed by atoms with Crippen LogP contribution in [0.2, 0.25) is 18.1 Å². The molecule has 0 aliphatic rings. The zero-order chi connectivity index (χ0) is 23.7. The van der Waals surface area contributed by atoms with E-state index in [4.69, 9.17) is 13.9 Å². The third kappa shape index (κ3) is 9.54. The highest BCUT2D eigenvalue weighted by Gasteiger charge is 2.38. The SMILES string of the molecule is C=CC(=O)O[C@@H](CC(=C)[C@H](C)COCc1ccccc1)[C@@H](C)CO[Si](C)(C)C(C)(C)C. The van der Waals surface area contributed by atoms with Crippen molar-refractivity contribution in [2.24, 2.45) is 11.8 Å². The van der Waals surface area contributed by atoms with Crippen LogP contribution in [-0.4, -0.2) is 33.6 Å². The molecule has 0 saturated heterocycles. The molecule has 0 unspecified atom stereocenters. The number of esters is 1. The van der Waals surface area contributed by atoms with Gasteiger partial charge in [-0.05, 0) is 23.7 Å². The Morgan fingerprint density at radius 2 is 1.74 bits per heavy atom. The quantitative estimate of drug-likeness (QED) is 0.149. The van der Waals surface area contributed by atoms with E-state index >= 15 is 0 Å². The molecule has 0 radical (unpaired) electrons. The molecule has 174 valence electrons. The number of rotatable bonds is 13. The molecule has 0 spiro atoms. The summed E-state index contributed by atoms with van der Waals surface area (Å²) in [4.78, 5) is 11.9. The fourth-order valence-electron chi connectivity index (χ4n) is 2.73. The minimum atomic E-state index is -1.88. The Morgan fingerprint density at radius 3 is 2.29 bits per heavy atom. The fourth-order valence-corrected chi connectivity index (χ4v) is 3.84. The zero-order valence-corrected chi connectivity index (χ0v) is 21.6. The van der Waals surface area contributed by atoms with E-state index in [0.717, 1.165) is 11.1 Å². The zero-order valence-electron chi connectivity index (χ0n) is 20.6. The minimum absolute atomic E-state index is 0.0483. The summed E-state index contributed by atoms with van der Waals surface area (Å²) in [5.74, 6) is -0.209. The van der Waals surface area contributed by atoms with Crippen molar-refractivity contribution in [3.8, 4) is 0 Å². The standard InChI is InChI=1S/C26H42O4Si/c1-10-25(27)30-24(22(4)18-29-31(8,9)26(5,6)7)16-20(2)21(3)17-28-19-23-14-12-11-13-15-23/h10-15,21-22,24H,1-2,16-19H2,3-9H3/t21-,22+,24+/m1/s1. The molecule has 3 atom stereocenters. The van der Waals surface area contributed by atoms with E-state index in [0.29, 0.717) is 26.2 Å². The van der Waals surface area contributed by atoms with Crippen molar-refractivity contribution in [2.45, 2.75) is 71.9 Å². The molecule has 1 rings (SSSR count). The van der Waals surface area contributed by atoms with Crippen LogP contribution in [0.15, 0.2) is 55.1 Å². The molecule has 0 aliphatic heterocycles. The molecular formula is C26H42O4Si. The van der Waals surface area contributed by atoms with Crippen molar-refractivity contribution in [1.82, 2.24) is 0 Å². The largest absolute Gasteiger partial charge is 0.459 e. The van der Waals surface area contributed by atoms with Gasteiger partial charge in [0.15, 0.2) is 8.32 Å². The maximum atomic E-state index is 11.9. The highest BCUT2D eigenvalue weighted by molar-refractivity contribution is 6.74. The van der Waals surface area contributed by atoms with E-state index in [-0.39, 0.29) is 23.0 Å². The summed E-state index contributed by atoms with van der Waals surface area (Å²) < 4.78 is 17.9. The number of hydrogen-bond donors (Lipinski definition) is 0. The van der Waals surface area contributed by atoms with Crippen LogP contribution in [0.1, 0.15) is 46.6 Å². The first-order chi connectivity index (χ1) is 14.4. The molecule has 1 aromatic rings. The van der Waals surface area contributed by atoms with E-state index in [1.165, 1.54) is 6.08 Å². The Morgan fingerprint density at radius 1 is 1.13 bits per heavy atom. The van der Waals surface area contributed by atoms with Crippen molar-refractivity contribution < 1.29 is 18.7 Å². The monoisotopic (exact) mass is 446 g/mol. The van der Waals surface area contributed by atoms with E-state index < -0.39 is 14.3 Å². The molecule has 0 heterocycles. The van der Waals surface area contributed by atoms with Gasteiger partial charge in [0.1, 0.15) is 6.10 Å². The first-order valence-electron chi connectivity index (χ1n) is 11.1. The van der Waals surface area contributed by atoms with E-state index in [1.54, 1.807) is 0 Å². The summed E-state index contributed by atoms with van der Waals surface area (Å²) in [6, 6.07) is 10.1.